The molecular formula is C20H18FN7. The van der Waals surface area contributed by atoms with Gasteiger partial charge in [0.25, 0.3) is 0 Å². The molecule has 5 rings (SSSR count). The summed E-state index contributed by atoms with van der Waals surface area (Å²) in [5, 5.41) is 7.99. The Bertz CT molecular complexity index is 1160. The van der Waals surface area contributed by atoms with Crippen molar-refractivity contribution in [1.82, 2.24) is 25.1 Å². The van der Waals surface area contributed by atoms with E-state index in [-0.39, 0.29) is 11.9 Å². The van der Waals surface area contributed by atoms with Crippen LogP contribution in [-0.2, 0) is 0 Å². The van der Waals surface area contributed by atoms with Crippen LogP contribution >= 0.6 is 0 Å². The Morgan fingerprint density at radius 1 is 1.14 bits per heavy atom. The lowest BCUT2D eigenvalue weighted by atomic mass is 10.1. The Hall–Kier alpha value is -3.39. The van der Waals surface area contributed by atoms with E-state index in [1.807, 2.05) is 6.07 Å². The molecule has 0 spiro atoms. The van der Waals surface area contributed by atoms with Gasteiger partial charge in [0.1, 0.15) is 23.0 Å². The summed E-state index contributed by atoms with van der Waals surface area (Å²) in [6, 6.07) is 8.61. The largest absolute Gasteiger partial charge is 0.354 e. The summed E-state index contributed by atoms with van der Waals surface area (Å²) in [4.78, 5) is 15.6. The minimum atomic E-state index is -0.318. The van der Waals surface area contributed by atoms with Crippen LogP contribution in [0.3, 0.4) is 0 Å². The number of anilines is 1. The molecule has 3 N–H and O–H groups in total. The lowest BCUT2D eigenvalue weighted by molar-refractivity contribution is 0.631. The van der Waals surface area contributed by atoms with Gasteiger partial charge in [-0.05, 0) is 24.6 Å². The van der Waals surface area contributed by atoms with Crippen molar-refractivity contribution in [3.63, 3.8) is 0 Å². The van der Waals surface area contributed by atoms with Gasteiger partial charge in [-0.15, -0.1) is 0 Å². The fraction of sp³-hybridized carbons (Fsp3) is 0.200. The van der Waals surface area contributed by atoms with Crippen molar-refractivity contribution in [1.29, 1.82) is 0 Å². The van der Waals surface area contributed by atoms with E-state index in [1.165, 1.54) is 6.07 Å². The van der Waals surface area contributed by atoms with Crippen LogP contribution in [0.1, 0.15) is 6.42 Å². The average molecular weight is 375 g/mol. The zero-order chi connectivity index (χ0) is 19.1. The van der Waals surface area contributed by atoms with E-state index in [4.69, 9.17) is 10.7 Å². The predicted octanol–water partition coefficient (Wildman–Crippen LogP) is 2.76. The van der Waals surface area contributed by atoms with E-state index in [0.29, 0.717) is 22.6 Å². The van der Waals surface area contributed by atoms with Gasteiger partial charge in [0, 0.05) is 30.1 Å². The number of rotatable bonds is 3. The van der Waals surface area contributed by atoms with Crippen LogP contribution in [0.2, 0.25) is 0 Å². The van der Waals surface area contributed by atoms with Gasteiger partial charge in [-0.25, -0.2) is 9.37 Å². The van der Waals surface area contributed by atoms with E-state index < -0.39 is 0 Å². The van der Waals surface area contributed by atoms with Gasteiger partial charge in [-0.1, -0.05) is 12.1 Å². The van der Waals surface area contributed by atoms with E-state index in [9.17, 15) is 4.39 Å². The fourth-order valence-electron chi connectivity index (χ4n) is 3.54. The maximum Gasteiger partial charge on any atom is 0.147 e. The number of fused-ring (bicyclic) bond motifs is 1. The number of hydrogen-bond donors (Lipinski definition) is 2. The molecule has 0 bridgehead atoms. The first-order valence-electron chi connectivity index (χ1n) is 9.11. The van der Waals surface area contributed by atoms with Crippen LogP contribution in [0.25, 0.3) is 33.5 Å². The number of halogens is 1. The number of nitrogens with zero attached hydrogens (tertiary/aromatic N) is 5. The summed E-state index contributed by atoms with van der Waals surface area (Å²) < 4.78 is 14.3. The summed E-state index contributed by atoms with van der Waals surface area (Å²) in [6.45, 7) is 1.63. The van der Waals surface area contributed by atoms with Gasteiger partial charge in [0.05, 0.1) is 29.8 Å². The Balaban J connectivity index is 1.57. The second-order valence-electron chi connectivity index (χ2n) is 6.92. The molecule has 0 radical (unpaired) electrons. The molecule has 4 aromatic rings. The number of aromatic amines is 1. The molecule has 140 valence electrons. The van der Waals surface area contributed by atoms with Gasteiger partial charge >= 0.3 is 0 Å². The number of aromatic nitrogens is 5. The van der Waals surface area contributed by atoms with Crippen molar-refractivity contribution < 1.29 is 4.39 Å². The van der Waals surface area contributed by atoms with Gasteiger partial charge in [-0.2, -0.15) is 5.10 Å². The second kappa shape index (κ2) is 6.65. The molecule has 0 aliphatic carbocycles. The highest BCUT2D eigenvalue weighted by atomic mass is 19.1. The Morgan fingerprint density at radius 3 is 2.86 bits per heavy atom. The van der Waals surface area contributed by atoms with Crippen LogP contribution in [-0.4, -0.2) is 44.3 Å². The molecule has 1 aliphatic heterocycles. The van der Waals surface area contributed by atoms with E-state index in [1.54, 1.807) is 36.8 Å². The number of nitrogens with two attached hydrogens (primary N) is 1. The minimum absolute atomic E-state index is 0.161. The average Bonchev–Trinajstić information content (AvgIpc) is 3.34. The highest BCUT2D eigenvalue weighted by Crippen LogP contribution is 2.30. The molecule has 8 heteroatoms. The third-order valence-electron chi connectivity index (χ3n) is 5.01. The number of hydrogen-bond acceptors (Lipinski definition) is 6. The fourth-order valence-corrected chi connectivity index (χ4v) is 3.54. The van der Waals surface area contributed by atoms with Crippen molar-refractivity contribution in [2.75, 3.05) is 18.0 Å². The standard InChI is InChI=1S/C20H18FN7/c21-15-4-2-1-3-13(15)20-14-7-16(24-9-17(14)26-27-20)18-8-23-10-19(25-18)28-6-5-12(22)11-28/h1-4,7-10,12H,5-6,11,22H2,(H,26,27)/t12-/m0/s1. The first-order valence-corrected chi connectivity index (χ1v) is 9.11. The van der Waals surface area contributed by atoms with E-state index in [2.05, 4.69) is 25.1 Å². The van der Waals surface area contributed by atoms with Crippen LogP contribution < -0.4 is 10.6 Å². The third-order valence-corrected chi connectivity index (χ3v) is 5.01. The molecule has 1 aliphatic rings. The molecule has 1 atom stereocenters. The quantitative estimate of drug-likeness (QED) is 0.572. The first-order chi connectivity index (χ1) is 13.7. The molecule has 1 fully saturated rings. The summed E-state index contributed by atoms with van der Waals surface area (Å²) in [5.74, 6) is 0.468. The highest BCUT2D eigenvalue weighted by molar-refractivity contribution is 5.94. The molecule has 1 aromatic carbocycles. The third kappa shape index (κ3) is 2.87. The number of pyridine rings is 1. The molecule has 7 nitrogen and oxygen atoms in total. The summed E-state index contributed by atoms with van der Waals surface area (Å²) in [5.41, 5.74) is 9.04. The van der Waals surface area contributed by atoms with E-state index in [0.717, 1.165) is 36.2 Å². The lowest BCUT2D eigenvalue weighted by Gasteiger charge is -2.16. The van der Waals surface area contributed by atoms with Crippen molar-refractivity contribution >= 4 is 16.7 Å². The van der Waals surface area contributed by atoms with Gasteiger partial charge < -0.3 is 10.6 Å². The molecular weight excluding hydrogens is 357 g/mol. The molecule has 0 amide bonds. The maximum atomic E-state index is 14.3. The summed E-state index contributed by atoms with van der Waals surface area (Å²) in [6.07, 6.45) is 6.04. The molecule has 0 saturated carbocycles. The zero-order valence-corrected chi connectivity index (χ0v) is 15.0. The molecule has 4 heterocycles. The summed E-state index contributed by atoms with van der Waals surface area (Å²) >= 11 is 0. The second-order valence-corrected chi connectivity index (χ2v) is 6.92. The van der Waals surface area contributed by atoms with E-state index >= 15 is 0 Å². The lowest BCUT2D eigenvalue weighted by Crippen LogP contribution is -2.27. The van der Waals surface area contributed by atoms with Gasteiger partial charge in [0.15, 0.2) is 0 Å². The number of nitrogens with one attached hydrogen (secondary N) is 1. The molecule has 1 saturated heterocycles. The maximum absolute atomic E-state index is 14.3. The number of H-pyrrole nitrogens is 1. The molecule has 28 heavy (non-hydrogen) atoms. The Kier molecular flexibility index (Phi) is 3.98. The van der Waals surface area contributed by atoms with Crippen molar-refractivity contribution in [2.24, 2.45) is 5.73 Å². The van der Waals surface area contributed by atoms with Gasteiger partial charge in [0.2, 0.25) is 0 Å². The Morgan fingerprint density at radius 2 is 2.04 bits per heavy atom. The predicted molar refractivity (Wildman–Crippen MR) is 105 cm³/mol. The smallest absolute Gasteiger partial charge is 0.147 e. The Labute approximate surface area is 160 Å². The minimum Gasteiger partial charge on any atom is -0.354 e. The topological polar surface area (TPSA) is 96.6 Å². The van der Waals surface area contributed by atoms with Crippen LogP contribution in [0.15, 0.2) is 48.9 Å². The SMILES string of the molecule is N[C@H]1CCN(c2cncc(-c3cc4c(-c5ccccc5F)n[nH]c4cn3)n2)C1. The van der Waals surface area contributed by atoms with Gasteiger partial charge in [-0.3, -0.25) is 15.1 Å². The van der Waals surface area contributed by atoms with Crippen LogP contribution in [0.4, 0.5) is 10.2 Å². The molecule has 0 unspecified atom stereocenters. The van der Waals surface area contributed by atoms with Crippen molar-refractivity contribution in [2.45, 2.75) is 12.5 Å². The summed E-state index contributed by atoms with van der Waals surface area (Å²) in [7, 11) is 0. The highest BCUT2D eigenvalue weighted by Gasteiger charge is 2.21. The van der Waals surface area contributed by atoms with Crippen molar-refractivity contribution in [3.8, 4) is 22.6 Å². The monoisotopic (exact) mass is 375 g/mol. The van der Waals surface area contributed by atoms with Crippen LogP contribution in [0, 0.1) is 5.82 Å². The normalized spacial score (nSPS) is 16.8. The van der Waals surface area contributed by atoms with Crippen molar-refractivity contribution in [3.05, 3.63) is 54.7 Å². The first kappa shape index (κ1) is 16.8. The molecule has 3 aromatic heterocycles. The zero-order valence-electron chi connectivity index (χ0n) is 15.0. The number of benzene rings is 1. The van der Waals surface area contributed by atoms with Crippen LogP contribution in [0.5, 0.6) is 0 Å².